The number of nitro groups is 2. The summed E-state index contributed by atoms with van der Waals surface area (Å²) in [5.41, 5.74) is 3.36. The van der Waals surface area contributed by atoms with Crippen molar-refractivity contribution in [3.8, 4) is 0 Å². The molecule has 1 aromatic carbocycles. The molecule has 3 rings (SSSR count). The van der Waals surface area contributed by atoms with Gasteiger partial charge in [-0.15, -0.1) is 0 Å². The van der Waals surface area contributed by atoms with Crippen molar-refractivity contribution in [3.63, 3.8) is 0 Å². The minimum Gasteiger partial charge on any atom is -0.272 e. The Kier molecular flexibility index (Phi) is 4.30. The van der Waals surface area contributed by atoms with Gasteiger partial charge in [0.2, 0.25) is 0 Å². The van der Waals surface area contributed by atoms with Crippen LogP contribution in [-0.4, -0.2) is 20.9 Å². The van der Waals surface area contributed by atoms with E-state index in [1.54, 1.807) is 0 Å². The normalized spacial score (nSPS) is 32.1. The Hall–Kier alpha value is -2.03. The number of non-ortho nitro benzene ring substituents is 1. The van der Waals surface area contributed by atoms with E-state index in [-0.39, 0.29) is 27.9 Å². The van der Waals surface area contributed by atoms with Crippen molar-refractivity contribution in [2.45, 2.75) is 33.1 Å². The molecule has 1 aromatic rings. The Morgan fingerprint density at radius 3 is 2.60 bits per heavy atom. The third kappa shape index (κ3) is 2.61. The first-order valence-corrected chi connectivity index (χ1v) is 9.17. The lowest BCUT2D eigenvalue weighted by molar-refractivity contribution is -0.393. The first-order chi connectivity index (χ1) is 11.7. The molecule has 2 aliphatic rings. The molecule has 3 unspecified atom stereocenters. The molecule has 3 atom stereocenters. The summed E-state index contributed by atoms with van der Waals surface area (Å²) in [4.78, 5) is 20.7. The number of nitrogens with zero attached hydrogens (tertiary/aromatic N) is 3. The molecule has 0 amide bonds. The number of nitrogens with one attached hydrogen (secondary N) is 1. The average Bonchev–Trinajstić information content (AvgIpc) is 2.95. The number of fused-ring (bicyclic) bond motifs is 2. The largest absolute Gasteiger partial charge is 0.301 e. The van der Waals surface area contributed by atoms with Crippen molar-refractivity contribution >= 4 is 38.7 Å². The molecule has 25 heavy (non-hydrogen) atoms. The van der Waals surface area contributed by atoms with Crippen LogP contribution in [0, 0.1) is 37.0 Å². The van der Waals surface area contributed by atoms with Crippen LogP contribution in [0.5, 0.6) is 0 Å². The van der Waals surface area contributed by atoms with Gasteiger partial charge in [-0.2, -0.15) is 5.10 Å². The van der Waals surface area contributed by atoms with Crippen LogP contribution >= 0.6 is 15.9 Å². The minimum absolute atomic E-state index is 0.0519. The third-order valence-electron chi connectivity index (χ3n) is 6.21. The minimum atomic E-state index is -0.652. The summed E-state index contributed by atoms with van der Waals surface area (Å²) >= 11 is 3.64. The van der Waals surface area contributed by atoms with Crippen molar-refractivity contribution in [3.05, 3.63) is 38.4 Å². The zero-order valence-corrected chi connectivity index (χ0v) is 15.6. The fourth-order valence-corrected chi connectivity index (χ4v) is 5.29. The molecule has 1 N–H and O–H groups in total. The molecule has 2 fully saturated rings. The first-order valence-electron chi connectivity index (χ1n) is 8.05. The number of hydrogen-bond acceptors (Lipinski definition) is 6. The number of anilines is 1. The quantitative estimate of drug-likeness (QED) is 0.436. The predicted molar refractivity (Wildman–Crippen MR) is 98.2 cm³/mol. The predicted octanol–water partition coefficient (Wildman–Crippen LogP) is 4.49. The highest BCUT2D eigenvalue weighted by atomic mass is 79.9. The molecule has 2 bridgehead atoms. The Bertz CT molecular complexity index is 783. The molecule has 9 heteroatoms. The Morgan fingerprint density at radius 2 is 2.04 bits per heavy atom. The highest BCUT2D eigenvalue weighted by molar-refractivity contribution is 9.09. The van der Waals surface area contributed by atoms with Crippen LogP contribution in [0.4, 0.5) is 17.1 Å². The van der Waals surface area contributed by atoms with E-state index in [2.05, 4.69) is 40.3 Å². The summed E-state index contributed by atoms with van der Waals surface area (Å²) in [7, 11) is 0. The number of benzene rings is 1. The van der Waals surface area contributed by atoms with Crippen molar-refractivity contribution in [2.24, 2.45) is 21.8 Å². The Balaban J connectivity index is 1.91. The molecule has 0 aromatic heterocycles. The molecule has 0 saturated heterocycles. The number of rotatable bonds is 5. The molecule has 134 valence electrons. The van der Waals surface area contributed by atoms with Crippen molar-refractivity contribution < 1.29 is 9.85 Å². The monoisotopic (exact) mass is 410 g/mol. The molecular formula is C16H19BrN4O4. The van der Waals surface area contributed by atoms with Gasteiger partial charge >= 0.3 is 5.69 Å². The van der Waals surface area contributed by atoms with Crippen LogP contribution in [0.1, 0.15) is 33.1 Å². The molecule has 0 radical (unpaired) electrons. The summed E-state index contributed by atoms with van der Waals surface area (Å²) in [5.74, 6) is 0.546. The van der Waals surface area contributed by atoms with Gasteiger partial charge in [0, 0.05) is 22.5 Å². The summed E-state index contributed by atoms with van der Waals surface area (Å²) in [6.07, 6.45) is 3.07. The summed E-state index contributed by atoms with van der Waals surface area (Å²) in [5, 5.41) is 27.4. The highest BCUT2D eigenvalue weighted by Gasteiger charge is 2.61. The second-order valence-corrected chi connectivity index (χ2v) is 7.77. The standard InChI is InChI=1S/C16H19BrN4O4/c1-15-6-5-10(16(15,2)9-17)7-14(15)19-18-12-4-3-11(20(22)23)8-13(12)21(24)25/h3-4,8,10,18H,5-7,9H2,1-2H3. The average molecular weight is 411 g/mol. The van der Waals surface area contributed by atoms with Gasteiger partial charge in [0.15, 0.2) is 0 Å². The number of hydrogen-bond donors (Lipinski definition) is 1. The van der Waals surface area contributed by atoms with Gasteiger partial charge < -0.3 is 0 Å². The van der Waals surface area contributed by atoms with Crippen LogP contribution in [-0.2, 0) is 0 Å². The second-order valence-electron chi connectivity index (χ2n) is 7.21. The lowest BCUT2D eigenvalue weighted by Gasteiger charge is -2.36. The van der Waals surface area contributed by atoms with E-state index in [0.717, 1.165) is 36.4 Å². The smallest absolute Gasteiger partial charge is 0.272 e. The van der Waals surface area contributed by atoms with Gasteiger partial charge in [0.1, 0.15) is 5.69 Å². The molecule has 2 saturated carbocycles. The van der Waals surface area contributed by atoms with Gasteiger partial charge in [-0.05, 0) is 36.7 Å². The van der Waals surface area contributed by atoms with Gasteiger partial charge in [-0.3, -0.25) is 25.7 Å². The second kappa shape index (κ2) is 6.05. The summed E-state index contributed by atoms with van der Waals surface area (Å²) in [6.45, 7) is 4.46. The Labute approximate surface area is 153 Å². The maximum atomic E-state index is 11.2. The van der Waals surface area contributed by atoms with E-state index in [1.165, 1.54) is 12.1 Å². The zero-order valence-electron chi connectivity index (χ0n) is 14.0. The van der Waals surface area contributed by atoms with E-state index in [0.29, 0.717) is 5.92 Å². The maximum absolute atomic E-state index is 11.2. The summed E-state index contributed by atoms with van der Waals surface area (Å²) < 4.78 is 0. The molecular weight excluding hydrogens is 392 g/mol. The Morgan fingerprint density at radius 1 is 1.32 bits per heavy atom. The lowest BCUT2D eigenvalue weighted by atomic mass is 9.70. The van der Waals surface area contributed by atoms with Gasteiger partial charge in [-0.1, -0.05) is 29.8 Å². The van der Waals surface area contributed by atoms with E-state index in [4.69, 9.17) is 0 Å². The fraction of sp³-hybridized carbons (Fsp3) is 0.562. The van der Waals surface area contributed by atoms with Gasteiger partial charge in [0.25, 0.3) is 5.69 Å². The fourth-order valence-electron chi connectivity index (χ4n) is 4.21. The zero-order chi connectivity index (χ0) is 18.4. The summed E-state index contributed by atoms with van der Waals surface area (Å²) in [6, 6.07) is 3.52. The topological polar surface area (TPSA) is 111 Å². The van der Waals surface area contributed by atoms with Gasteiger partial charge in [-0.25, -0.2) is 0 Å². The number of halogens is 1. The van der Waals surface area contributed by atoms with Crippen LogP contribution < -0.4 is 5.43 Å². The molecule has 0 aliphatic heterocycles. The molecule has 8 nitrogen and oxygen atoms in total. The first kappa shape index (κ1) is 17.8. The van der Waals surface area contributed by atoms with E-state index in [9.17, 15) is 20.2 Å². The molecule has 0 heterocycles. The number of alkyl halides is 1. The highest BCUT2D eigenvalue weighted by Crippen LogP contribution is 2.64. The van der Waals surface area contributed by atoms with E-state index < -0.39 is 9.85 Å². The molecule has 2 aliphatic carbocycles. The van der Waals surface area contributed by atoms with Crippen molar-refractivity contribution in [1.82, 2.24) is 0 Å². The van der Waals surface area contributed by atoms with Crippen LogP contribution in [0.25, 0.3) is 0 Å². The van der Waals surface area contributed by atoms with Gasteiger partial charge in [0.05, 0.1) is 15.9 Å². The number of nitro benzene ring substituents is 2. The SMILES string of the molecule is CC12CCC(CC1=NNc1ccc([N+](=O)[O-])cc1[N+](=O)[O-])C2(C)CBr. The lowest BCUT2D eigenvalue weighted by Crippen LogP contribution is -2.36. The van der Waals surface area contributed by atoms with Crippen molar-refractivity contribution in [2.75, 3.05) is 10.8 Å². The molecule has 0 spiro atoms. The maximum Gasteiger partial charge on any atom is 0.301 e. The number of hydrazone groups is 1. The van der Waals surface area contributed by atoms with Crippen LogP contribution in [0.15, 0.2) is 23.3 Å². The van der Waals surface area contributed by atoms with Crippen LogP contribution in [0.3, 0.4) is 0 Å². The van der Waals surface area contributed by atoms with E-state index >= 15 is 0 Å². The van der Waals surface area contributed by atoms with E-state index in [1.807, 2.05) is 0 Å². The van der Waals surface area contributed by atoms with Crippen LogP contribution in [0.2, 0.25) is 0 Å². The van der Waals surface area contributed by atoms with Crippen molar-refractivity contribution in [1.29, 1.82) is 0 Å². The third-order valence-corrected chi connectivity index (χ3v) is 7.37.